The van der Waals surface area contributed by atoms with Crippen molar-refractivity contribution in [2.75, 3.05) is 0 Å². The topological polar surface area (TPSA) is 58.2 Å². The van der Waals surface area contributed by atoms with Gasteiger partial charge in [0.2, 0.25) is 5.91 Å². The van der Waals surface area contributed by atoms with Crippen molar-refractivity contribution in [3.63, 3.8) is 0 Å². The third kappa shape index (κ3) is 12.2. The van der Waals surface area contributed by atoms with Crippen LogP contribution in [-0.4, -0.2) is 18.0 Å². The van der Waals surface area contributed by atoms with E-state index < -0.39 is 0 Å². The number of unbranched alkanes of at least 4 members (excludes halogenated alkanes) is 10. The normalized spacial score (nSPS) is 11.8. The lowest BCUT2D eigenvalue weighted by Crippen LogP contribution is -2.47. The quantitative estimate of drug-likeness (QED) is 0.311. The summed E-state index contributed by atoms with van der Waals surface area (Å²) in [4.78, 5) is 23.7. The number of hydrogen-bond donors (Lipinski definition) is 2. The van der Waals surface area contributed by atoms with Gasteiger partial charge < -0.3 is 10.6 Å². The molecule has 1 aromatic rings. The van der Waals surface area contributed by atoms with E-state index in [2.05, 4.69) is 17.6 Å². The monoisotopic (exact) mass is 374 g/mol. The predicted molar refractivity (Wildman–Crippen MR) is 113 cm³/mol. The van der Waals surface area contributed by atoms with Crippen LogP contribution in [0.5, 0.6) is 0 Å². The number of carbonyl (C=O) groups is 2. The second-order valence-corrected chi connectivity index (χ2v) is 7.42. The van der Waals surface area contributed by atoms with Crippen molar-refractivity contribution in [3.05, 3.63) is 35.9 Å². The highest BCUT2D eigenvalue weighted by molar-refractivity contribution is 5.94. The van der Waals surface area contributed by atoms with Crippen LogP contribution < -0.4 is 10.6 Å². The molecule has 2 N–H and O–H groups in total. The second-order valence-electron chi connectivity index (χ2n) is 7.42. The first kappa shape index (κ1) is 23.2. The fraction of sp³-hybridized carbons (Fsp3) is 0.652. The SMILES string of the molecule is CCCCCCCCCCCCCC(NC(C)=O)NC(=O)c1ccccc1. The van der Waals surface area contributed by atoms with E-state index in [1.54, 1.807) is 12.1 Å². The van der Waals surface area contributed by atoms with Crippen LogP contribution >= 0.6 is 0 Å². The molecular weight excluding hydrogens is 336 g/mol. The first-order chi connectivity index (χ1) is 13.1. The van der Waals surface area contributed by atoms with E-state index in [4.69, 9.17) is 0 Å². The molecule has 1 atom stereocenters. The van der Waals surface area contributed by atoms with Gasteiger partial charge in [-0.25, -0.2) is 0 Å². The Balaban J connectivity index is 2.16. The molecule has 0 aliphatic carbocycles. The second kappa shape index (κ2) is 15.2. The average Bonchev–Trinajstić information content (AvgIpc) is 2.66. The molecule has 0 fully saturated rings. The van der Waals surface area contributed by atoms with E-state index in [9.17, 15) is 9.59 Å². The largest absolute Gasteiger partial charge is 0.336 e. The van der Waals surface area contributed by atoms with Gasteiger partial charge in [-0.1, -0.05) is 89.3 Å². The lowest BCUT2D eigenvalue weighted by atomic mass is 10.0. The summed E-state index contributed by atoms with van der Waals surface area (Å²) in [5.41, 5.74) is 0.617. The van der Waals surface area contributed by atoms with Crippen LogP contribution in [0.1, 0.15) is 101 Å². The highest BCUT2D eigenvalue weighted by Crippen LogP contribution is 2.12. The fourth-order valence-corrected chi connectivity index (χ4v) is 3.27. The molecule has 0 radical (unpaired) electrons. The third-order valence-corrected chi connectivity index (χ3v) is 4.82. The summed E-state index contributed by atoms with van der Waals surface area (Å²) in [6.45, 7) is 3.74. The Morgan fingerprint density at radius 1 is 0.778 bits per heavy atom. The van der Waals surface area contributed by atoms with Crippen molar-refractivity contribution in [2.24, 2.45) is 0 Å². The van der Waals surface area contributed by atoms with Gasteiger partial charge in [-0.3, -0.25) is 9.59 Å². The first-order valence-electron chi connectivity index (χ1n) is 10.8. The van der Waals surface area contributed by atoms with Crippen molar-refractivity contribution >= 4 is 11.8 Å². The predicted octanol–water partition coefficient (Wildman–Crippen LogP) is 5.58. The molecule has 0 aliphatic rings. The first-order valence-corrected chi connectivity index (χ1v) is 10.8. The molecule has 0 saturated heterocycles. The number of amides is 2. The average molecular weight is 375 g/mol. The number of nitrogens with one attached hydrogen (secondary N) is 2. The van der Waals surface area contributed by atoms with Gasteiger partial charge in [0.1, 0.15) is 6.17 Å². The van der Waals surface area contributed by atoms with Gasteiger partial charge in [0, 0.05) is 12.5 Å². The maximum Gasteiger partial charge on any atom is 0.252 e. The molecule has 1 rings (SSSR count). The number of rotatable bonds is 15. The minimum Gasteiger partial charge on any atom is -0.336 e. The Labute approximate surface area is 165 Å². The molecule has 4 nitrogen and oxygen atoms in total. The molecule has 27 heavy (non-hydrogen) atoms. The standard InChI is InChI=1S/C23H38N2O2/c1-3-4-5-6-7-8-9-10-11-12-16-19-22(24-20(2)26)25-23(27)21-17-14-13-15-18-21/h13-15,17-18,22H,3-12,16,19H2,1-2H3,(H,24,26)(H,25,27). The molecule has 0 bridgehead atoms. The zero-order chi connectivity index (χ0) is 19.7. The van der Waals surface area contributed by atoms with Crippen LogP contribution in [0.15, 0.2) is 30.3 Å². The van der Waals surface area contributed by atoms with Crippen molar-refractivity contribution in [3.8, 4) is 0 Å². The molecule has 0 heterocycles. The highest BCUT2D eigenvalue weighted by atomic mass is 16.2. The Morgan fingerprint density at radius 3 is 1.81 bits per heavy atom. The van der Waals surface area contributed by atoms with Gasteiger partial charge in [0.25, 0.3) is 5.91 Å². The maximum atomic E-state index is 12.3. The third-order valence-electron chi connectivity index (χ3n) is 4.82. The zero-order valence-corrected chi connectivity index (χ0v) is 17.3. The van der Waals surface area contributed by atoms with Crippen molar-refractivity contribution < 1.29 is 9.59 Å². The molecule has 1 aromatic carbocycles. The van der Waals surface area contributed by atoms with E-state index in [1.807, 2.05) is 18.2 Å². The maximum absolute atomic E-state index is 12.3. The summed E-state index contributed by atoms with van der Waals surface area (Å²) in [6, 6.07) is 9.12. The molecule has 4 heteroatoms. The van der Waals surface area contributed by atoms with Crippen LogP contribution in [0.25, 0.3) is 0 Å². The minimum absolute atomic E-state index is 0.114. The van der Waals surface area contributed by atoms with Crippen molar-refractivity contribution in [1.29, 1.82) is 0 Å². The van der Waals surface area contributed by atoms with Gasteiger partial charge in [0.05, 0.1) is 0 Å². The van der Waals surface area contributed by atoms with Gasteiger partial charge in [-0.15, -0.1) is 0 Å². The fourth-order valence-electron chi connectivity index (χ4n) is 3.27. The Morgan fingerprint density at radius 2 is 1.30 bits per heavy atom. The molecule has 152 valence electrons. The van der Waals surface area contributed by atoms with E-state index in [0.29, 0.717) is 5.56 Å². The van der Waals surface area contributed by atoms with Crippen LogP contribution in [0.3, 0.4) is 0 Å². The molecular formula is C23H38N2O2. The van der Waals surface area contributed by atoms with Crippen molar-refractivity contribution in [2.45, 2.75) is 97.1 Å². The van der Waals surface area contributed by atoms with E-state index >= 15 is 0 Å². The Hall–Kier alpha value is -1.84. The van der Waals surface area contributed by atoms with Crippen LogP contribution in [0.4, 0.5) is 0 Å². The minimum atomic E-state index is -0.297. The molecule has 2 amide bonds. The van der Waals surface area contributed by atoms with Gasteiger partial charge >= 0.3 is 0 Å². The number of carbonyl (C=O) groups excluding carboxylic acids is 2. The van der Waals surface area contributed by atoms with E-state index in [0.717, 1.165) is 19.3 Å². The molecule has 0 aromatic heterocycles. The zero-order valence-electron chi connectivity index (χ0n) is 17.3. The summed E-state index contributed by atoms with van der Waals surface area (Å²) in [6.07, 6.45) is 14.6. The van der Waals surface area contributed by atoms with Gasteiger partial charge in [0.15, 0.2) is 0 Å². The van der Waals surface area contributed by atoms with Crippen LogP contribution in [0.2, 0.25) is 0 Å². The van der Waals surface area contributed by atoms with Crippen LogP contribution in [-0.2, 0) is 4.79 Å². The lowest BCUT2D eigenvalue weighted by Gasteiger charge is -2.19. The lowest BCUT2D eigenvalue weighted by molar-refractivity contribution is -0.119. The summed E-state index contributed by atoms with van der Waals surface area (Å²) < 4.78 is 0. The van der Waals surface area contributed by atoms with E-state index in [-0.39, 0.29) is 18.0 Å². The Bertz CT molecular complexity index is 516. The molecule has 0 saturated carbocycles. The van der Waals surface area contributed by atoms with Gasteiger partial charge in [-0.05, 0) is 25.0 Å². The number of hydrogen-bond acceptors (Lipinski definition) is 2. The van der Waals surface area contributed by atoms with E-state index in [1.165, 1.54) is 64.7 Å². The van der Waals surface area contributed by atoms with Crippen molar-refractivity contribution in [1.82, 2.24) is 10.6 Å². The molecule has 1 unspecified atom stereocenters. The summed E-state index contributed by atoms with van der Waals surface area (Å²) in [5.74, 6) is -0.256. The van der Waals surface area contributed by atoms with Gasteiger partial charge in [-0.2, -0.15) is 0 Å². The Kier molecular flexibility index (Phi) is 13.1. The highest BCUT2D eigenvalue weighted by Gasteiger charge is 2.14. The molecule has 0 aliphatic heterocycles. The number of benzene rings is 1. The summed E-state index contributed by atoms with van der Waals surface area (Å²) in [7, 11) is 0. The smallest absolute Gasteiger partial charge is 0.252 e. The summed E-state index contributed by atoms with van der Waals surface area (Å²) >= 11 is 0. The molecule has 0 spiro atoms. The van der Waals surface area contributed by atoms with Crippen LogP contribution in [0, 0.1) is 0 Å². The summed E-state index contributed by atoms with van der Waals surface area (Å²) in [5, 5.41) is 5.77.